The molecule has 0 saturated carbocycles. The summed E-state index contributed by atoms with van der Waals surface area (Å²) < 4.78 is 32.8. The number of benzene rings is 2. The zero-order valence-corrected chi connectivity index (χ0v) is 18.3. The standard InChI is InChI=1S/C23H26N2O5S/c1-17-9-11-19(12-10-17)31(28,29)25-14-5-4-8-21(25)23(27)30-16-22(26)24-15-13-18-6-2-3-7-20(18)24/h2-3,6-7,9-12,21H,4-5,8,13-16H2,1H3/t21-/m1/s1. The lowest BCUT2D eigenvalue weighted by atomic mass is 10.1. The maximum absolute atomic E-state index is 13.1. The normalized spacial score (nSPS) is 19.1. The molecule has 2 heterocycles. The van der Waals surface area contributed by atoms with E-state index < -0.39 is 28.6 Å². The maximum Gasteiger partial charge on any atom is 0.324 e. The van der Waals surface area contributed by atoms with Crippen LogP contribution in [0.5, 0.6) is 0 Å². The SMILES string of the molecule is Cc1ccc(S(=O)(=O)N2CCCC[C@@H]2C(=O)OCC(=O)N2CCc3ccccc32)cc1. The molecule has 4 rings (SSSR count). The first-order chi connectivity index (χ1) is 14.9. The average molecular weight is 443 g/mol. The summed E-state index contributed by atoms with van der Waals surface area (Å²) in [5.74, 6) is -0.974. The van der Waals surface area contributed by atoms with Crippen LogP contribution in [0.25, 0.3) is 0 Å². The fraction of sp³-hybridized carbons (Fsp3) is 0.391. The molecule has 2 aliphatic heterocycles. The van der Waals surface area contributed by atoms with E-state index in [1.165, 1.54) is 4.31 Å². The first kappa shape index (κ1) is 21.5. The molecule has 8 heteroatoms. The van der Waals surface area contributed by atoms with E-state index >= 15 is 0 Å². The van der Waals surface area contributed by atoms with Crippen LogP contribution < -0.4 is 4.90 Å². The van der Waals surface area contributed by atoms with Crippen LogP contribution >= 0.6 is 0 Å². The van der Waals surface area contributed by atoms with E-state index in [0.29, 0.717) is 19.4 Å². The number of esters is 1. The van der Waals surface area contributed by atoms with Gasteiger partial charge in [0, 0.05) is 18.8 Å². The predicted molar refractivity (Wildman–Crippen MR) is 116 cm³/mol. The molecule has 0 aromatic heterocycles. The van der Waals surface area contributed by atoms with Crippen molar-refractivity contribution in [3.05, 3.63) is 59.7 Å². The molecule has 164 valence electrons. The van der Waals surface area contributed by atoms with Gasteiger partial charge < -0.3 is 9.64 Å². The lowest BCUT2D eigenvalue weighted by Gasteiger charge is -2.33. The Morgan fingerprint density at radius 1 is 1.03 bits per heavy atom. The van der Waals surface area contributed by atoms with Crippen molar-refractivity contribution >= 4 is 27.6 Å². The van der Waals surface area contributed by atoms with Gasteiger partial charge in [-0.05, 0) is 56.4 Å². The maximum atomic E-state index is 13.1. The van der Waals surface area contributed by atoms with Crippen molar-refractivity contribution in [2.75, 3.05) is 24.6 Å². The molecular formula is C23H26N2O5S. The number of amides is 1. The molecule has 0 unspecified atom stereocenters. The van der Waals surface area contributed by atoms with Crippen molar-refractivity contribution in [2.45, 2.75) is 43.5 Å². The van der Waals surface area contributed by atoms with Gasteiger partial charge in [-0.1, -0.05) is 35.9 Å². The largest absolute Gasteiger partial charge is 0.454 e. The zero-order valence-electron chi connectivity index (χ0n) is 17.5. The Kier molecular flexibility index (Phi) is 6.11. The highest BCUT2D eigenvalue weighted by atomic mass is 32.2. The number of piperidine rings is 1. The van der Waals surface area contributed by atoms with Gasteiger partial charge in [-0.3, -0.25) is 9.59 Å². The Morgan fingerprint density at radius 2 is 1.77 bits per heavy atom. The zero-order chi connectivity index (χ0) is 22.0. The van der Waals surface area contributed by atoms with Crippen LogP contribution in [0.1, 0.15) is 30.4 Å². The molecule has 1 saturated heterocycles. The quantitative estimate of drug-likeness (QED) is 0.665. The Balaban J connectivity index is 1.44. The number of carbonyl (C=O) groups excluding carboxylic acids is 2. The second kappa shape index (κ2) is 8.80. The van der Waals surface area contributed by atoms with Crippen molar-refractivity contribution < 1.29 is 22.7 Å². The van der Waals surface area contributed by atoms with Crippen molar-refractivity contribution in [2.24, 2.45) is 0 Å². The van der Waals surface area contributed by atoms with E-state index in [-0.39, 0.29) is 17.3 Å². The molecule has 0 aliphatic carbocycles. The van der Waals surface area contributed by atoms with Gasteiger partial charge in [-0.2, -0.15) is 4.31 Å². The molecule has 0 radical (unpaired) electrons. The number of hydrogen-bond acceptors (Lipinski definition) is 5. The molecule has 2 aromatic carbocycles. The molecule has 1 atom stereocenters. The number of anilines is 1. The van der Waals surface area contributed by atoms with E-state index in [9.17, 15) is 18.0 Å². The molecule has 1 fully saturated rings. The highest BCUT2D eigenvalue weighted by Gasteiger charge is 2.39. The predicted octanol–water partition coefficient (Wildman–Crippen LogP) is 2.67. The number of ether oxygens (including phenoxy) is 1. The third kappa shape index (κ3) is 4.36. The van der Waals surface area contributed by atoms with Crippen LogP contribution in [0, 0.1) is 6.92 Å². The van der Waals surface area contributed by atoms with Crippen molar-refractivity contribution in [1.82, 2.24) is 4.31 Å². The molecule has 2 aromatic rings. The highest BCUT2D eigenvalue weighted by molar-refractivity contribution is 7.89. The smallest absolute Gasteiger partial charge is 0.324 e. The molecule has 31 heavy (non-hydrogen) atoms. The molecule has 2 aliphatic rings. The topological polar surface area (TPSA) is 84.0 Å². The van der Waals surface area contributed by atoms with E-state index in [4.69, 9.17) is 4.74 Å². The van der Waals surface area contributed by atoms with Crippen LogP contribution in [0.15, 0.2) is 53.4 Å². The van der Waals surface area contributed by atoms with Gasteiger partial charge >= 0.3 is 5.97 Å². The van der Waals surface area contributed by atoms with Gasteiger partial charge in [0.2, 0.25) is 10.0 Å². The number of sulfonamides is 1. The van der Waals surface area contributed by atoms with Crippen LogP contribution in [0.2, 0.25) is 0 Å². The Labute approximate surface area is 182 Å². The summed E-state index contributed by atoms with van der Waals surface area (Å²) in [5.41, 5.74) is 2.88. The van der Waals surface area contributed by atoms with Gasteiger partial charge in [0.1, 0.15) is 6.04 Å². The minimum atomic E-state index is -3.83. The van der Waals surface area contributed by atoms with Crippen molar-refractivity contribution in [3.63, 3.8) is 0 Å². The number of para-hydroxylation sites is 1. The first-order valence-corrected chi connectivity index (χ1v) is 12.0. The van der Waals surface area contributed by atoms with Gasteiger partial charge in [-0.25, -0.2) is 8.42 Å². The highest BCUT2D eigenvalue weighted by Crippen LogP contribution is 2.28. The second-order valence-corrected chi connectivity index (χ2v) is 9.86. The van der Waals surface area contributed by atoms with Crippen LogP contribution in [0.3, 0.4) is 0 Å². The van der Waals surface area contributed by atoms with Crippen LogP contribution in [0.4, 0.5) is 5.69 Å². The molecule has 7 nitrogen and oxygen atoms in total. The Bertz CT molecular complexity index is 1080. The van der Waals surface area contributed by atoms with E-state index in [1.807, 2.05) is 31.2 Å². The van der Waals surface area contributed by atoms with E-state index in [1.54, 1.807) is 29.2 Å². The van der Waals surface area contributed by atoms with Gasteiger partial charge in [0.05, 0.1) is 4.90 Å². The summed E-state index contributed by atoms with van der Waals surface area (Å²) in [6.45, 7) is 2.28. The van der Waals surface area contributed by atoms with E-state index in [0.717, 1.165) is 29.7 Å². The van der Waals surface area contributed by atoms with Crippen LogP contribution in [-0.4, -0.2) is 50.3 Å². The molecule has 0 spiro atoms. The molecule has 1 amide bonds. The second-order valence-electron chi connectivity index (χ2n) is 7.97. The van der Waals surface area contributed by atoms with Gasteiger partial charge in [0.25, 0.3) is 5.91 Å². The number of aryl methyl sites for hydroxylation is 1. The van der Waals surface area contributed by atoms with Crippen molar-refractivity contribution in [3.8, 4) is 0 Å². The summed E-state index contributed by atoms with van der Waals surface area (Å²) in [6, 6.07) is 13.3. The fourth-order valence-corrected chi connectivity index (χ4v) is 5.82. The van der Waals surface area contributed by atoms with Crippen LogP contribution in [-0.2, 0) is 30.8 Å². The Morgan fingerprint density at radius 3 is 2.55 bits per heavy atom. The summed E-state index contributed by atoms with van der Waals surface area (Å²) in [6.07, 6.45) is 2.55. The lowest BCUT2D eigenvalue weighted by molar-refractivity contribution is -0.152. The lowest BCUT2D eigenvalue weighted by Crippen LogP contribution is -2.49. The van der Waals surface area contributed by atoms with Gasteiger partial charge in [-0.15, -0.1) is 0 Å². The number of nitrogens with zero attached hydrogens (tertiary/aromatic N) is 2. The molecular weight excluding hydrogens is 416 g/mol. The van der Waals surface area contributed by atoms with Gasteiger partial charge in [0.15, 0.2) is 6.61 Å². The summed E-state index contributed by atoms with van der Waals surface area (Å²) in [5, 5.41) is 0. The number of hydrogen-bond donors (Lipinski definition) is 0. The number of rotatable bonds is 5. The average Bonchev–Trinajstić information content (AvgIpc) is 3.22. The van der Waals surface area contributed by atoms with E-state index in [2.05, 4.69) is 0 Å². The first-order valence-electron chi connectivity index (χ1n) is 10.5. The monoisotopic (exact) mass is 442 g/mol. The van der Waals surface area contributed by atoms with Crippen molar-refractivity contribution in [1.29, 1.82) is 0 Å². The summed E-state index contributed by atoms with van der Waals surface area (Å²) in [7, 11) is -3.83. The number of carbonyl (C=O) groups is 2. The minimum absolute atomic E-state index is 0.155. The third-order valence-corrected chi connectivity index (χ3v) is 7.80. The third-order valence-electron chi connectivity index (χ3n) is 5.88. The molecule has 0 bridgehead atoms. The summed E-state index contributed by atoms with van der Waals surface area (Å²) >= 11 is 0. The minimum Gasteiger partial charge on any atom is -0.454 e. The number of fused-ring (bicyclic) bond motifs is 1. The fourth-order valence-electron chi connectivity index (χ4n) is 4.18. The molecule has 0 N–H and O–H groups in total. The Hall–Kier alpha value is -2.71. The summed E-state index contributed by atoms with van der Waals surface area (Å²) in [4.78, 5) is 27.2.